The number of aryl methyl sites for hydroxylation is 1. The van der Waals surface area contributed by atoms with E-state index in [1.807, 2.05) is 29.7 Å². The number of benzene rings is 1. The molecule has 1 aliphatic carbocycles. The number of nitrogens with one attached hydrogen (secondary N) is 1. The highest BCUT2D eigenvalue weighted by Gasteiger charge is 2.47. The highest BCUT2D eigenvalue weighted by molar-refractivity contribution is 5.82. The highest BCUT2D eigenvalue weighted by atomic mass is 19.1. The van der Waals surface area contributed by atoms with Crippen molar-refractivity contribution in [2.75, 3.05) is 35.6 Å². The Hall–Kier alpha value is -3.75. The Kier molecular flexibility index (Phi) is 5.36. The number of nitrogen functional groups attached to an aromatic ring is 1. The van der Waals surface area contributed by atoms with Crippen LogP contribution in [-0.4, -0.2) is 46.5 Å². The van der Waals surface area contributed by atoms with Crippen molar-refractivity contribution < 1.29 is 13.6 Å². The second-order valence-electron chi connectivity index (χ2n) is 10.8. The van der Waals surface area contributed by atoms with Gasteiger partial charge < -0.3 is 20.9 Å². The van der Waals surface area contributed by atoms with Crippen molar-refractivity contribution in [3.05, 3.63) is 70.5 Å². The highest BCUT2D eigenvalue weighted by Crippen LogP contribution is 2.50. The molecule has 2 fully saturated rings. The Morgan fingerprint density at radius 1 is 1.08 bits per heavy atom. The third-order valence-electron chi connectivity index (χ3n) is 8.08. The quantitative estimate of drug-likeness (QED) is 0.534. The maximum absolute atomic E-state index is 16.3. The molecule has 1 saturated heterocycles. The Morgan fingerprint density at radius 2 is 1.84 bits per heavy atom. The fourth-order valence-electron chi connectivity index (χ4n) is 5.51. The summed E-state index contributed by atoms with van der Waals surface area (Å²) < 4.78 is 32.0. The molecule has 192 valence electrons. The average Bonchev–Trinajstić information content (AvgIpc) is 3.65. The molecule has 1 amide bonds. The van der Waals surface area contributed by atoms with E-state index in [1.165, 1.54) is 0 Å². The van der Waals surface area contributed by atoms with Crippen molar-refractivity contribution in [3.63, 3.8) is 0 Å². The fraction of sp³-hybridized carbons (Fsp3) is 0.393. The van der Waals surface area contributed by atoms with Crippen molar-refractivity contribution in [1.82, 2.24) is 14.9 Å². The van der Waals surface area contributed by atoms with Crippen LogP contribution in [0.25, 0.3) is 0 Å². The first-order chi connectivity index (χ1) is 17.7. The van der Waals surface area contributed by atoms with Gasteiger partial charge in [0.25, 0.3) is 0 Å². The minimum Gasteiger partial charge on any atom is -0.397 e. The van der Waals surface area contributed by atoms with Gasteiger partial charge in [0.05, 0.1) is 29.8 Å². The number of carbonyl (C=O) groups excluding carboxylic acids is 1. The molecule has 3 aliphatic rings. The summed E-state index contributed by atoms with van der Waals surface area (Å²) >= 11 is 0. The van der Waals surface area contributed by atoms with Crippen molar-refractivity contribution in [2.24, 2.45) is 5.92 Å². The van der Waals surface area contributed by atoms with Crippen LogP contribution in [-0.2, 0) is 10.2 Å². The summed E-state index contributed by atoms with van der Waals surface area (Å²) in [6, 6.07) is 7.05. The molecule has 0 bridgehead atoms. The van der Waals surface area contributed by atoms with E-state index in [4.69, 9.17) is 5.73 Å². The summed E-state index contributed by atoms with van der Waals surface area (Å²) in [7, 11) is 0. The van der Waals surface area contributed by atoms with Crippen LogP contribution >= 0.6 is 0 Å². The molecule has 7 nitrogen and oxygen atoms in total. The summed E-state index contributed by atoms with van der Waals surface area (Å²) in [5, 5.41) is 3.18. The summed E-state index contributed by atoms with van der Waals surface area (Å²) in [5.41, 5.74) is 8.08. The lowest BCUT2D eigenvalue weighted by Gasteiger charge is -2.40. The van der Waals surface area contributed by atoms with E-state index in [2.05, 4.69) is 15.3 Å². The standard InChI is InChI=1S/C28H30F2N6O/c1-15-4-8-20(24(29)16(15)2)28(3)14-36(22-9-7-18(31)10-32-22)21-11-33-26(25(30)23(21)28)34-19-12-35(13-19)27(37)17-5-6-17/h4,7-11,17,19H,5-6,12-14,31H2,1-3H3,(H,33,34)/t28-/m1/s1. The van der Waals surface area contributed by atoms with Gasteiger partial charge in [0.15, 0.2) is 11.6 Å². The van der Waals surface area contributed by atoms with Gasteiger partial charge in [0, 0.05) is 42.1 Å². The number of nitrogens with zero attached hydrogens (tertiary/aromatic N) is 4. The zero-order chi connectivity index (χ0) is 26.1. The number of rotatable bonds is 5. The Morgan fingerprint density at radius 3 is 2.51 bits per heavy atom. The number of likely N-dealkylation sites (tertiary alicyclic amines) is 1. The van der Waals surface area contributed by atoms with Gasteiger partial charge in [0.1, 0.15) is 11.6 Å². The van der Waals surface area contributed by atoms with Gasteiger partial charge in [0.2, 0.25) is 5.91 Å². The van der Waals surface area contributed by atoms with Crippen molar-refractivity contribution in [1.29, 1.82) is 0 Å². The molecule has 4 heterocycles. The number of anilines is 4. The predicted octanol–water partition coefficient (Wildman–Crippen LogP) is 4.44. The molecule has 3 aromatic rings. The summed E-state index contributed by atoms with van der Waals surface area (Å²) in [6.07, 6.45) is 5.09. The number of amides is 1. The molecule has 1 aromatic carbocycles. The third kappa shape index (κ3) is 3.79. The Bertz CT molecular complexity index is 1400. The summed E-state index contributed by atoms with van der Waals surface area (Å²) in [5.74, 6) is 0.202. The molecular weight excluding hydrogens is 474 g/mol. The fourth-order valence-corrected chi connectivity index (χ4v) is 5.51. The molecule has 0 unspecified atom stereocenters. The van der Waals surface area contributed by atoms with Crippen LogP contribution in [0.5, 0.6) is 0 Å². The molecule has 9 heteroatoms. The molecule has 37 heavy (non-hydrogen) atoms. The summed E-state index contributed by atoms with van der Waals surface area (Å²) in [4.78, 5) is 24.8. The smallest absolute Gasteiger partial charge is 0.225 e. The number of pyridine rings is 2. The van der Waals surface area contributed by atoms with E-state index >= 15 is 8.78 Å². The van der Waals surface area contributed by atoms with Gasteiger partial charge in [-0.3, -0.25) is 4.79 Å². The minimum atomic E-state index is -1.00. The van der Waals surface area contributed by atoms with Gasteiger partial charge in [-0.2, -0.15) is 0 Å². The van der Waals surface area contributed by atoms with Crippen LogP contribution in [0, 0.1) is 31.4 Å². The van der Waals surface area contributed by atoms with E-state index in [1.54, 1.807) is 37.5 Å². The predicted molar refractivity (Wildman–Crippen MR) is 139 cm³/mol. The number of aromatic nitrogens is 2. The normalized spacial score (nSPS) is 21.1. The molecule has 3 N–H and O–H groups in total. The largest absolute Gasteiger partial charge is 0.397 e. The first kappa shape index (κ1) is 23.6. The monoisotopic (exact) mass is 504 g/mol. The number of hydrogen-bond donors (Lipinski definition) is 2. The lowest BCUT2D eigenvalue weighted by atomic mass is 9.76. The van der Waals surface area contributed by atoms with Gasteiger partial charge in [-0.25, -0.2) is 18.7 Å². The Balaban J connectivity index is 1.39. The number of carbonyl (C=O) groups is 1. The number of fused-ring (bicyclic) bond motifs is 1. The number of nitrogens with two attached hydrogens (primary N) is 1. The van der Waals surface area contributed by atoms with Crippen molar-refractivity contribution in [2.45, 2.75) is 45.1 Å². The van der Waals surface area contributed by atoms with Crippen LogP contribution in [0.4, 0.5) is 31.8 Å². The molecule has 1 atom stereocenters. The zero-order valence-electron chi connectivity index (χ0n) is 21.2. The van der Waals surface area contributed by atoms with Crippen LogP contribution in [0.1, 0.15) is 42.0 Å². The minimum absolute atomic E-state index is 0.0800. The van der Waals surface area contributed by atoms with Crippen LogP contribution in [0.2, 0.25) is 0 Å². The second-order valence-corrected chi connectivity index (χ2v) is 10.8. The van der Waals surface area contributed by atoms with Gasteiger partial charge in [-0.1, -0.05) is 12.1 Å². The molecular formula is C28H30F2N6O. The zero-order valence-corrected chi connectivity index (χ0v) is 21.2. The maximum Gasteiger partial charge on any atom is 0.225 e. The first-order valence-electron chi connectivity index (χ1n) is 12.7. The van der Waals surface area contributed by atoms with Gasteiger partial charge in [-0.05, 0) is 56.9 Å². The van der Waals surface area contributed by atoms with Crippen molar-refractivity contribution >= 4 is 28.9 Å². The van der Waals surface area contributed by atoms with E-state index in [0.717, 1.165) is 18.4 Å². The SMILES string of the molecule is Cc1ccc([C@@]2(C)CN(c3ccc(N)cn3)c3cnc(NC4CN(C(=O)C5CC5)C4)c(F)c32)c(F)c1C. The maximum atomic E-state index is 16.3. The van der Waals surface area contributed by atoms with Crippen LogP contribution in [0.15, 0.2) is 36.7 Å². The molecule has 2 aliphatic heterocycles. The topological polar surface area (TPSA) is 87.4 Å². The molecule has 1 saturated carbocycles. The van der Waals surface area contributed by atoms with E-state index in [-0.39, 0.29) is 36.0 Å². The van der Waals surface area contributed by atoms with Crippen LogP contribution < -0.4 is 16.0 Å². The van der Waals surface area contributed by atoms with Crippen molar-refractivity contribution in [3.8, 4) is 0 Å². The lowest BCUT2D eigenvalue weighted by Crippen LogP contribution is -2.57. The van der Waals surface area contributed by atoms with E-state index in [0.29, 0.717) is 47.0 Å². The molecule has 2 aromatic heterocycles. The number of halogens is 2. The van der Waals surface area contributed by atoms with Gasteiger partial charge in [-0.15, -0.1) is 0 Å². The average molecular weight is 505 g/mol. The molecule has 0 radical (unpaired) electrons. The van der Waals surface area contributed by atoms with Gasteiger partial charge >= 0.3 is 0 Å². The number of hydrogen-bond acceptors (Lipinski definition) is 6. The molecule has 6 rings (SSSR count). The second kappa shape index (κ2) is 8.39. The first-order valence-corrected chi connectivity index (χ1v) is 12.7. The Labute approximate surface area is 214 Å². The summed E-state index contributed by atoms with van der Waals surface area (Å²) in [6.45, 7) is 6.81. The van der Waals surface area contributed by atoms with E-state index < -0.39 is 11.2 Å². The lowest BCUT2D eigenvalue weighted by molar-refractivity contribution is -0.136. The molecule has 0 spiro atoms. The van der Waals surface area contributed by atoms with E-state index in [9.17, 15) is 4.79 Å². The van der Waals surface area contributed by atoms with Crippen LogP contribution in [0.3, 0.4) is 0 Å². The third-order valence-corrected chi connectivity index (χ3v) is 8.08.